The largest absolute Gasteiger partial charge is 0.353 e. The molecule has 0 spiro atoms. The molecule has 0 radical (unpaired) electrons. The Bertz CT molecular complexity index is 801. The molecule has 1 unspecified atom stereocenters. The Labute approximate surface area is 165 Å². The minimum absolute atomic E-state index is 0.0573. The van der Waals surface area contributed by atoms with Gasteiger partial charge in [-0.3, -0.25) is 9.59 Å². The summed E-state index contributed by atoms with van der Waals surface area (Å²) >= 11 is 0. The molecular formula is C23H27FN2O2. The molecular weight excluding hydrogens is 355 g/mol. The molecule has 2 aromatic rings. The number of halogens is 1. The van der Waals surface area contributed by atoms with Crippen LogP contribution < -0.4 is 5.32 Å². The smallest absolute Gasteiger partial charge is 0.230 e. The zero-order valence-corrected chi connectivity index (χ0v) is 16.2. The highest BCUT2D eigenvalue weighted by molar-refractivity contribution is 5.84. The van der Waals surface area contributed by atoms with Gasteiger partial charge in [-0.15, -0.1) is 0 Å². The van der Waals surface area contributed by atoms with E-state index in [2.05, 4.69) is 5.32 Å². The second-order valence-corrected chi connectivity index (χ2v) is 7.35. The predicted octanol–water partition coefficient (Wildman–Crippen LogP) is 3.67. The van der Waals surface area contributed by atoms with E-state index in [0.29, 0.717) is 18.7 Å². The molecule has 1 heterocycles. The minimum Gasteiger partial charge on any atom is -0.353 e. The van der Waals surface area contributed by atoms with Crippen LogP contribution in [0.15, 0.2) is 54.6 Å². The molecule has 1 fully saturated rings. The number of carbonyl (C=O) groups is 2. The highest BCUT2D eigenvalue weighted by atomic mass is 19.1. The monoisotopic (exact) mass is 382 g/mol. The summed E-state index contributed by atoms with van der Waals surface area (Å²) in [7, 11) is 0. The summed E-state index contributed by atoms with van der Waals surface area (Å²) in [6.45, 7) is 3.33. The molecule has 2 aromatic carbocycles. The molecule has 1 saturated heterocycles. The number of amides is 2. The van der Waals surface area contributed by atoms with Crippen molar-refractivity contribution in [2.24, 2.45) is 0 Å². The maximum absolute atomic E-state index is 13.2. The second-order valence-electron chi connectivity index (χ2n) is 7.35. The molecule has 1 aliphatic rings. The van der Waals surface area contributed by atoms with Crippen molar-refractivity contribution in [2.75, 3.05) is 13.1 Å². The lowest BCUT2D eigenvalue weighted by Crippen LogP contribution is -2.48. The maximum atomic E-state index is 13.2. The molecule has 0 aliphatic carbocycles. The van der Waals surface area contributed by atoms with Crippen molar-refractivity contribution in [1.29, 1.82) is 0 Å². The molecule has 3 rings (SSSR count). The first kappa shape index (κ1) is 20.1. The van der Waals surface area contributed by atoms with Crippen LogP contribution in [0.1, 0.15) is 43.2 Å². The van der Waals surface area contributed by atoms with Crippen LogP contribution in [0.3, 0.4) is 0 Å². The van der Waals surface area contributed by atoms with E-state index in [4.69, 9.17) is 0 Å². The van der Waals surface area contributed by atoms with Crippen LogP contribution in [0.2, 0.25) is 0 Å². The van der Waals surface area contributed by atoms with Gasteiger partial charge in [0.2, 0.25) is 11.8 Å². The molecule has 5 heteroatoms. The molecule has 1 N–H and O–H groups in total. The highest BCUT2D eigenvalue weighted by Gasteiger charge is 2.28. The fourth-order valence-corrected chi connectivity index (χ4v) is 3.81. The molecule has 1 atom stereocenters. The van der Waals surface area contributed by atoms with E-state index in [-0.39, 0.29) is 36.0 Å². The van der Waals surface area contributed by atoms with E-state index in [1.54, 1.807) is 12.1 Å². The zero-order chi connectivity index (χ0) is 19.9. The summed E-state index contributed by atoms with van der Waals surface area (Å²) in [5.74, 6) is -0.384. The lowest BCUT2D eigenvalue weighted by atomic mass is 9.93. The van der Waals surface area contributed by atoms with Crippen LogP contribution in [-0.2, 0) is 16.0 Å². The summed E-state index contributed by atoms with van der Waals surface area (Å²) in [5, 5.41) is 3.02. The van der Waals surface area contributed by atoms with E-state index in [0.717, 1.165) is 24.8 Å². The number of likely N-dealkylation sites (tertiary alicyclic amines) is 1. The van der Waals surface area contributed by atoms with Gasteiger partial charge in [-0.25, -0.2) is 4.39 Å². The Morgan fingerprint density at radius 1 is 1.11 bits per heavy atom. The molecule has 4 nitrogen and oxygen atoms in total. The zero-order valence-electron chi connectivity index (χ0n) is 16.2. The van der Waals surface area contributed by atoms with Gasteiger partial charge in [-0.2, -0.15) is 0 Å². The van der Waals surface area contributed by atoms with E-state index in [1.165, 1.54) is 12.1 Å². The highest BCUT2D eigenvalue weighted by Crippen LogP contribution is 2.24. The third-order valence-corrected chi connectivity index (χ3v) is 5.33. The van der Waals surface area contributed by atoms with Gasteiger partial charge in [0.05, 0.1) is 12.3 Å². The van der Waals surface area contributed by atoms with Crippen LogP contribution in [0.5, 0.6) is 0 Å². The average Bonchev–Trinajstić information content (AvgIpc) is 2.70. The number of piperidine rings is 1. The molecule has 2 amide bonds. The third kappa shape index (κ3) is 5.18. The first-order valence-corrected chi connectivity index (χ1v) is 9.94. The molecule has 0 bridgehead atoms. The van der Waals surface area contributed by atoms with Crippen LogP contribution in [-0.4, -0.2) is 35.8 Å². The number of hydrogen-bond acceptors (Lipinski definition) is 2. The van der Waals surface area contributed by atoms with Crippen molar-refractivity contribution in [3.05, 3.63) is 71.5 Å². The summed E-state index contributed by atoms with van der Waals surface area (Å²) in [4.78, 5) is 27.1. The molecule has 0 aromatic heterocycles. The summed E-state index contributed by atoms with van der Waals surface area (Å²) in [5.41, 5.74) is 1.72. The Balaban J connectivity index is 1.49. The fraction of sp³-hybridized carbons (Fsp3) is 0.391. The van der Waals surface area contributed by atoms with Crippen molar-refractivity contribution >= 4 is 11.8 Å². The first-order valence-electron chi connectivity index (χ1n) is 9.94. The molecule has 0 saturated carbocycles. The Kier molecular flexibility index (Phi) is 6.80. The van der Waals surface area contributed by atoms with Gasteiger partial charge >= 0.3 is 0 Å². The average molecular weight is 382 g/mol. The molecule has 1 aliphatic heterocycles. The van der Waals surface area contributed by atoms with E-state index in [1.807, 2.05) is 42.2 Å². The SMILES string of the molecule is CCC(C(=O)N1CCC(NC(=O)Cc2cccc(F)c2)CC1)c1ccccc1. The van der Waals surface area contributed by atoms with Crippen molar-refractivity contribution in [3.63, 3.8) is 0 Å². The van der Waals surface area contributed by atoms with Crippen LogP contribution in [0.25, 0.3) is 0 Å². The number of benzene rings is 2. The lowest BCUT2D eigenvalue weighted by molar-refractivity contribution is -0.134. The van der Waals surface area contributed by atoms with Gasteiger partial charge in [0.1, 0.15) is 5.82 Å². The van der Waals surface area contributed by atoms with Crippen LogP contribution in [0, 0.1) is 5.82 Å². The van der Waals surface area contributed by atoms with Gasteiger partial charge in [-0.1, -0.05) is 49.4 Å². The Morgan fingerprint density at radius 3 is 2.46 bits per heavy atom. The summed E-state index contributed by atoms with van der Waals surface area (Å²) in [6, 6.07) is 16.1. The number of nitrogens with one attached hydrogen (secondary N) is 1. The lowest BCUT2D eigenvalue weighted by Gasteiger charge is -2.34. The standard InChI is InChI=1S/C23H27FN2O2/c1-2-21(18-8-4-3-5-9-18)23(28)26-13-11-20(12-14-26)25-22(27)16-17-7-6-10-19(24)15-17/h3-10,15,20-21H,2,11-14,16H2,1H3,(H,25,27). The van der Waals surface area contributed by atoms with Crippen LogP contribution in [0.4, 0.5) is 4.39 Å². The number of carbonyl (C=O) groups excluding carboxylic acids is 2. The van der Waals surface area contributed by atoms with Crippen molar-refractivity contribution < 1.29 is 14.0 Å². The van der Waals surface area contributed by atoms with Gasteiger partial charge in [0.15, 0.2) is 0 Å². The topological polar surface area (TPSA) is 49.4 Å². The van der Waals surface area contributed by atoms with Crippen molar-refractivity contribution in [1.82, 2.24) is 10.2 Å². The van der Waals surface area contributed by atoms with Crippen LogP contribution >= 0.6 is 0 Å². The van der Waals surface area contributed by atoms with Crippen molar-refractivity contribution in [2.45, 2.75) is 44.6 Å². The predicted molar refractivity (Wildman–Crippen MR) is 107 cm³/mol. The van der Waals surface area contributed by atoms with Gasteiger partial charge in [0, 0.05) is 19.1 Å². The quantitative estimate of drug-likeness (QED) is 0.829. The van der Waals surface area contributed by atoms with Gasteiger partial charge < -0.3 is 10.2 Å². The van der Waals surface area contributed by atoms with Gasteiger partial charge in [-0.05, 0) is 42.5 Å². The molecule has 28 heavy (non-hydrogen) atoms. The number of rotatable bonds is 6. The van der Waals surface area contributed by atoms with E-state index < -0.39 is 0 Å². The Hall–Kier alpha value is -2.69. The number of nitrogens with zero attached hydrogens (tertiary/aromatic N) is 1. The minimum atomic E-state index is -0.332. The summed E-state index contributed by atoms with van der Waals surface area (Å²) in [6.07, 6.45) is 2.42. The normalized spacial score (nSPS) is 15.9. The first-order chi connectivity index (χ1) is 13.6. The van der Waals surface area contributed by atoms with Crippen molar-refractivity contribution in [3.8, 4) is 0 Å². The molecule has 148 valence electrons. The third-order valence-electron chi connectivity index (χ3n) is 5.33. The fourth-order valence-electron chi connectivity index (χ4n) is 3.81. The second kappa shape index (κ2) is 9.49. The number of hydrogen-bond donors (Lipinski definition) is 1. The Morgan fingerprint density at radius 2 is 1.82 bits per heavy atom. The maximum Gasteiger partial charge on any atom is 0.230 e. The van der Waals surface area contributed by atoms with E-state index in [9.17, 15) is 14.0 Å². The summed E-state index contributed by atoms with van der Waals surface area (Å²) < 4.78 is 13.2. The van der Waals surface area contributed by atoms with Gasteiger partial charge in [0.25, 0.3) is 0 Å². The van der Waals surface area contributed by atoms with E-state index >= 15 is 0 Å².